The molecule has 0 radical (unpaired) electrons. The number of ether oxygens (including phenoxy) is 2. The minimum atomic E-state index is 0.0209. The Kier molecular flexibility index (Phi) is 2.93. The molecule has 3 nitrogen and oxygen atoms in total. The summed E-state index contributed by atoms with van der Waals surface area (Å²) in [6, 6.07) is 8.14. The Labute approximate surface area is 90.2 Å². The van der Waals surface area contributed by atoms with Gasteiger partial charge in [-0.3, -0.25) is 0 Å². The van der Waals surface area contributed by atoms with Crippen molar-refractivity contribution in [2.24, 2.45) is 5.73 Å². The highest BCUT2D eigenvalue weighted by molar-refractivity contribution is 5.35. The fourth-order valence-electron chi connectivity index (χ4n) is 1.83. The Hall–Kier alpha value is -1.06. The topological polar surface area (TPSA) is 44.5 Å². The SMILES string of the molecule is CCOc1cccc(C2(CN)COC2)c1. The van der Waals surface area contributed by atoms with Gasteiger partial charge in [0.2, 0.25) is 0 Å². The van der Waals surface area contributed by atoms with Crippen LogP contribution in [0.5, 0.6) is 5.75 Å². The van der Waals surface area contributed by atoms with Gasteiger partial charge in [0.15, 0.2) is 0 Å². The Morgan fingerprint density at radius 2 is 2.27 bits per heavy atom. The van der Waals surface area contributed by atoms with E-state index in [2.05, 4.69) is 12.1 Å². The molecule has 15 heavy (non-hydrogen) atoms. The smallest absolute Gasteiger partial charge is 0.119 e. The largest absolute Gasteiger partial charge is 0.494 e. The molecule has 0 spiro atoms. The second-order valence-electron chi connectivity index (χ2n) is 3.94. The van der Waals surface area contributed by atoms with E-state index in [1.807, 2.05) is 19.1 Å². The van der Waals surface area contributed by atoms with Gasteiger partial charge in [-0.15, -0.1) is 0 Å². The molecule has 2 rings (SSSR count). The molecular weight excluding hydrogens is 190 g/mol. The van der Waals surface area contributed by atoms with Gasteiger partial charge in [0.1, 0.15) is 5.75 Å². The third kappa shape index (κ3) is 1.85. The molecule has 1 heterocycles. The lowest BCUT2D eigenvalue weighted by molar-refractivity contribution is -0.0551. The number of hydrogen-bond acceptors (Lipinski definition) is 3. The lowest BCUT2D eigenvalue weighted by atomic mass is 9.79. The van der Waals surface area contributed by atoms with Gasteiger partial charge in [-0.25, -0.2) is 0 Å². The first kappa shape index (κ1) is 10.5. The van der Waals surface area contributed by atoms with Crippen LogP contribution in [0.2, 0.25) is 0 Å². The quantitative estimate of drug-likeness (QED) is 0.809. The van der Waals surface area contributed by atoms with Crippen LogP contribution in [0.25, 0.3) is 0 Å². The zero-order valence-corrected chi connectivity index (χ0v) is 9.03. The van der Waals surface area contributed by atoms with Gasteiger partial charge in [-0.2, -0.15) is 0 Å². The summed E-state index contributed by atoms with van der Waals surface area (Å²) in [6.07, 6.45) is 0. The first-order chi connectivity index (χ1) is 7.30. The molecule has 1 aliphatic rings. The normalized spacial score (nSPS) is 18.3. The standard InChI is InChI=1S/C12H17NO2/c1-2-15-11-5-3-4-10(6-11)12(7-13)8-14-9-12/h3-6H,2,7-9,13H2,1H3. The van der Waals surface area contributed by atoms with E-state index in [1.54, 1.807) is 0 Å². The summed E-state index contributed by atoms with van der Waals surface area (Å²) >= 11 is 0. The summed E-state index contributed by atoms with van der Waals surface area (Å²) in [4.78, 5) is 0. The maximum Gasteiger partial charge on any atom is 0.119 e. The summed E-state index contributed by atoms with van der Waals surface area (Å²) < 4.78 is 10.7. The Morgan fingerprint density at radius 3 is 2.80 bits per heavy atom. The van der Waals surface area contributed by atoms with E-state index in [4.69, 9.17) is 15.2 Å². The highest BCUT2D eigenvalue weighted by atomic mass is 16.5. The monoisotopic (exact) mass is 207 g/mol. The molecule has 1 aromatic rings. The summed E-state index contributed by atoms with van der Waals surface area (Å²) in [5.74, 6) is 0.912. The molecule has 0 unspecified atom stereocenters. The van der Waals surface area contributed by atoms with Gasteiger partial charge < -0.3 is 15.2 Å². The molecule has 0 bridgehead atoms. The van der Waals surface area contributed by atoms with Crippen molar-refractivity contribution >= 4 is 0 Å². The van der Waals surface area contributed by atoms with Gasteiger partial charge in [0, 0.05) is 6.54 Å². The average Bonchev–Trinajstić information content (AvgIpc) is 2.18. The minimum absolute atomic E-state index is 0.0209. The molecule has 0 atom stereocenters. The number of benzene rings is 1. The van der Waals surface area contributed by atoms with Gasteiger partial charge in [0.05, 0.1) is 25.2 Å². The third-order valence-corrected chi connectivity index (χ3v) is 2.90. The van der Waals surface area contributed by atoms with Crippen LogP contribution in [0.15, 0.2) is 24.3 Å². The van der Waals surface area contributed by atoms with Crippen LogP contribution in [-0.4, -0.2) is 26.4 Å². The van der Waals surface area contributed by atoms with E-state index in [0.717, 1.165) is 19.0 Å². The predicted octanol–water partition coefficient (Wildman–Crippen LogP) is 1.31. The summed E-state index contributed by atoms with van der Waals surface area (Å²) in [5, 5.41) is 0. The van der Waals surface area contributed by atoms with E-state index in [1.165, 1.54) is 5.56 Å². The summed E-state index contributed by atoms with van der Waals surface area (Å²) in [7, 11) is 0. The van der Waals surface area contributed by atoms with Crippen molar-refractivity contribution in [2.75, 3.05) is 26.4 Å². The van der Waals surface area contributed by atoms with Crippen molar-refractivity contribution in [3.05, 3.63) is 29.8 Å². The Bertz CT molecular complexity index is 329. The number of hydrogen-bond donors (Lipinski definition) is 1. The van der Waals surface area contributed by atoms with Crippen LogP contribution in [0.3, 0.4) is 0 Å². The first-order valence-corrected chi connectivity index (χ1v) is 5.32. The van der Waals surface area contributed by atoms with Gasteiger partial charge in [0.25, 0.3) is 0 Å². The fraction of sp³-hybridized carbons (Fsp3) is 0.500. The molecule has 0 saturated carbocycles. The van der Waals surface area contributed by atoms with Crippen LogP contribution in [-0.2, 0) is 10.2 Å². The van der Waals surface area contributed by atoms with Crippen molar-refractivity contribution in [3.8, 4) is 5.75 Å². The van der Waals surface area contributed by atoms with E-state index >= 15 is 0 Å². The van der Waals surface area contributed by atoms with Crippen LogP contribution in [0.4, 0.5) is 0 Å². The maximum atomic E-state index is 5.80. The number of nitrogens with two attached hydrogens (primary N) is 1. The minimum Gasteiger partial charge on any atom is -0.494 e. The second-order valence-corrected chi connectivity index (χ2v) is 3.94. The maximum absolute atomic E-state index is 5.80. The fourth-order valence-corrected chi connectivity index (χ4v) is 1.83. The number of rotatable bonds is 4. The van der Waals surface area contributed by atoms with Crippen LogP contribution in [0, 0.1) is 0 Å². The Morgan fingerprint density at radius 1 is 1.47 bits per heavy atom. The predicted molar refractivity (Wildman–Crippen MR) is 59.2 cm³/mol. The third-order valence-electron chi connectivity index (χ3n) is 2.90. The molecule has 1 saturated heterocycles. The van der Waals surface area contributed by atoms with Crippen molar-refractivity contribution in [2.45, 2.75) is 12.3 Å². The first-order valence-electron chi connectivity index (χ1n) is 5.32. The molecular formula is C12H17NO2. The Balaban J connectivity index is 2.23. The van der Waals surface area contributed by atoms with E-state index in [0.29, 0.717) is 13.2 Å². The van der Waals surface area contributed by atoms with Gasteiger partial charge in [-0.1, -0.05) is 12.1 Å². The molecule has 1 fully saturated rings. The molecule has 82 valence electrons. The van der Waals surface area contributed by atoms with Gasteiger partial charge in [-0.05, 0) is 24.6 Å². The van der Waals surface area contributed by atoms with Crippen LogP contribution in [0.1, 0.15) is 12.5 Å². The van der Waals surface area contributed by atoms with E-state index in [9.17, 15) is 0 Å². The second kappa shape index (κ2) is 4.21. The average molecular weight is 207 g/mol. The lowest BCUT2D eigenvalue weighted by Crippen LogP contribution is -2.52. The highest BCUT2D eigenvalue weighted by Crippen LogP contribution is 2.32. The van der Waals surface area contributed by atoms with Crippen LogP contribution >= 0.6 is 0 Å². The lowest BCUT2D eigenvalue weighted by Gasteiger charge is -2.41. The van der Waals surface area contributed by atoms with Gasteiger partial charge >= 0.3 is 0 Å². The molecule has 0 aliphatic carbocycles. The molecule has 3 heteroatoms. The molecule has 1 aromatic carbocycles. The zero-order valence-electron chi connectivity index (χ0n) is 9.03. The van der Waals surface area contributed by atoms with Crippen molar-refractivity contribution in [1.82, 2.24) is 0 Å². The molecule has 2 N–H and O–H groups in total. The zero-order chi connectivity index (χ0) is 10.7. The highest BCUT2D eigenvalue weighted by Gasteiger charge is 2.39. The van der Waals surface area contributed by atoms with Crippen molar-refractivity contribution in [1.29, 1.82) is 0 Å². The molecule has 0 aromatic heterocycles. The molecule has 1 aliphatic heterocycles. The molecule has 0 amide bonds. The summed E-state index contributed by atoms with van der Waals surface area (Å²) in [5.41, 5.74) is 7.05. The van der Waals surface area contributed by atoms with Crippen molar-refractivity contribution < 1.29 is 9.47 Å². The summed E-state index contributed by atoms with van der Waals surface area (Å²) in [6.45, 7) is 4.74. The van der Waals surface area contributed by atoms with E-state index in [-0.39, 0.29) is 5.41 Å². The van der Waals surface area contributed by atoms with Crippen LogP contribution < -0.4 is 10.5 Å². The van der Waals surface area contributed by atoms with E-state index < -0.39 is 0 Å². The van der Waals surface area contributed by atoms with Crippen molar-refractivity contribution in [3.63, 3.8) is 0 Å².